The summed E-state index contributed by atoms with van der Waals surface area (Å²) < 4.78 is 23.2. The Morgan fingerprint density at radius 1 is 1.00 bits per heavy atom. The summed E-state index contributed by atoms with van der Waals surface area (Å²) in [7, 11) is -0.878. The van der Waals surface area contributed by atoms with Gasteiger partial charge in [0.05, 0.1) is 11.5 Å². The third-order valence-corrected chi connectivity index (χ3v) is 5.25. The first-order valence-corrected chi connectivity index (χ1v) is 6.33. The van der Waals surface area contributed by atoms with Gasteiger partial charge in [0.25, 0.3) is 0 Å². The van der Waals surface area contributed by atoms with E-state index in [9.17, 15) is 8.42 Å². The normalized spacial score (nSPS) is 31.5. The number of sulfone groups is 1. The fourth-order valence-corrected chi connectivity index (χ4v) is 4.78. The second kappa shape index (κ2) is 2.70. The van der Waals surface area contributed by atoms with Crippen LogP contribution in [0.25, 0.3) is 0 Å². The molecule has 0 unspecified atom stereocenters. The molecule has 0 spiro atoms. The Bertz CT molecular complexity index is 280. The van der Waals surface area contributed by atoms with Crippen LogP contribution in [0.15, 0.2) is 0 Å². The molecule has 0 aromatic heterocycles. The predicted molar refractivity (Wildman–Crippen MR) is 54.6 cm³/mol. The van der Waals surface area contributed by atoms with Gasteiger partial charge < -0.3 is 0 Å². The largest absolute Gasteiger partial charge is 0.294 e. The van der Waals surface area contributed by atoms with Gasteiger partial charge in [0.15, 0.2) is 9.84 Å². The first-order chi connectivity index (χ1) is 5.57. The minimum Gasteiger partial charge on any atom is -0.294 e. The zero-order chi connectivity index (χ0) is 10.5. The molecule has 0 aromatic carbocycles. The van der Waals surface area contributed by atoms with Crippen LogP contribution in [0.4, 0.5) is 0 Å². The molecule has 0 saturated carbocycles. The highest BCUT2D eigenvalue weighted by Crippen LogP contribution is 2.31. The molecule has 1 rings (SSSR count). The van der Waals surface area contributed by atoms with Crippen molar-refractivity contribution in [2.24, 2.45) is 0 Å². The highest BCUT2D eigenvalue weighted by molar-refractivity contribution is 7.91. The number of rotatable bonds is 0. The number of nitrogens with zero attached hydrogens (tertiary/aromatic N) is 1. The van der Waals surface area contributed by atoms with Crippen molar-refractivity contribution < 1.29 is 8.42 Å². The fraction of sp³-hybridized carbons (Fsp3) is 1.00. The predicted octanol–water partition coefficient (Wildman–Crippen LogP) is 0.904. The number of hydrogen-bond acceptors (Lipinski definition) is 3. The summed E-state index contributed by atoms with van der Waals surface area (Å²) in [4.78, 5) is 2.15. The summed E-state index contributed by atoms with van der Waals surface area (Å²) in [6.45, 7) is 7.91. The van der Waals surface area contributed by atoms with E-state index in [0.29, 0.717) is 0 Å². The van der Waals surface area contributed by atoms with E-state index >= 15 is 0 Å². The van der Waals surface area contributed by atoms with Crippen molar-refractivity contribution in [1.29, 1.82) is 0 Å². The maximum atomic E-state index is 11.6. The van der Waals surface area contributed by atoms with Crippen molar-refractivity contribution in [3.8, 4) is 0 Å². The van der Waals surface area contributed by atoms with E-state index in [1.165, 1.54) is 0 Å². The van der Waals surface area contributed by atoms with Gasteiger partial charge in [0.1, 0.15) is 0 Å². The lowest BCUT2D eigenvalue weighted by atomic mass is 9.96. The van der Waals surface area contributed by atoms with Gasteiger partial charge in [-0.2, -0.15) is 0 Å². The molecule has 1 aliphatic heterocycles. The first kappa shape index (κ1) is 11.0. The van der Waals surface area contributed by atoms with Crippen molar-refractivity contribution in [3.05, 3.63) is 0 Å². The minimum atomic E-state index is -2.87. The van der Waals surface area contributed by atoms with E-state index in [4.69, 9.17) is 0 Å². The zero-order valence-electron chi connectivity index (χ0n) is 9.09. The summed E-state index contributed by atoms with van der Waals surface area (Å²) in [5, 5.41) is 0. The highest BCUT2D eigenvalue weighted by atomic mass is 32.2. The van der Waals surface area contributed by atoms with Gasteiger partial charge in [0.2, 0.25) is 0 Å². The Morgan fingerprint density at radius 3 is 1.62 bits per heavy atom. The lowest BCUT2D eigenvalue weighted by Gasteiger charge is -2.50. The molecule has 1 saturated heterocycles. The maximum Gasteiger partial charge on any atom is 0.153 e. The summed E-state index contributed by atoms with van der Waals surface area (Å²) in [6.07, 6.45) is 0. The minimum absolute atomic E-state index is 0.249. The van der Waals surface area contributed by atoms with Gasteiger partial charge in [-0.1, -0.05) is 0 Å². The summed E-state index contributed by atoms with van der Waals surface area (Å²) >= 11 is 0. The van der Waals surface area contributed by atoms with E-state index in [-0.39, 0.29) is 22.6 Å². The molecule has 3 nitrogen and oxygen atoms in total. The van der Waals surface area contributed by atoms with Gasteiger partial charge in [-0.3, -0.25) is 4.90 Å². The van der Waals surface area contributed by atoms with Crippen LogP contribution in [0.2, 0.25) is 0 Å². The van der Waals surface area contributed by atoms with Crippen LogP contribution < -0.4 is 0 Å². The molecule has 4 heteroatoms. The van der Waals surface area contributed by atoms with Crippen molar-refractivity contribution in [1.82, 2.24) is 4.90 Å². The molecule has 13 heavy (non-hydrogen) atoms. The maximum absolute atomic E-state index is 11.6. The summed E-state index contributed by atoms with van der Waals surface area (Å²) in [6, 6.07) is 0. The smallest absolute Gasteiger partial charge is 0.153 e. The molecule has 0 aromatic rings. The summed E-state index contributed by atoms with van der Waals surface area (Å²) in [5.74, 6) is 0.528. The molecule has 0 N–H and O–H groups in total. The third kappa shape index (κ3) is 2.05. The molecule has 0 aliphatic carbocycles. The van der Waals surface area contributed by atoms with Crippen LogP contribution in [0, 0.1) is 0 Å². The topological polar surface area (TPSA) is 37.4 Å². The fourth-order valence-electron chi connectivity index (χ4n) is 2.14. The Labute approximate surface area is 81.0 Å². The Balaban J connectivity index is 3.10. The Morgan fingerprint density at radius 2 is 1.31 bits per heavy atom. The van der Waals surface area contributed by atoms with Crippen LogP contribution in [0.5, 0.6) is 0 Å². The molecule has 1 aliphatic rings. The Hall–Kier alpha value is -0.0900. The molecule has 0 amide bonds. The summed E-state index contributed by atoms with van der Waals surface area (Å²) in [5.41, 5.74) is -0.499. The second-order valence-corrected chi connectivity index (χ2v) is 7.28. The number of hydrogen-bond donors (Lipinski definition) is 0. The molecule has 0 bridgehead atoms. The first-order valence-electron chi connectivity index (χ1n) is 4.51. The lowest BCUT2D eigenvalue weighted by Crippen LogP contribution is -2.63. The average Bonchev–Trinajstić information content (AvgIpc) is 1.77. The van der Waals surface area contributed by atoms with Crippen molar-refractivity contribution >= 4 is 9.84 Å². The van der Waals surface area contributed by atoms with Crippen LogP contribution in [0.3, 0.4) is 0 Å². The van der Waals surface area contributed by atoms with Gasteiger partial charge in [-0.25, -0.2) is 8.42 Å². The van der Waals surface area contributed by atoms with E-state index in [2.05, 4.69) is 4.90 Å². The van der Waals surface area contributed by atoms with Gasteiger partial charge in [0, 0.05) is 11.1 Å². The molecule has 1 fully saturated rings. The molecular formula is C9H19NO2S. The van der Waals surface area contributed by atoms with E-state index < -0.39 is 9.84 Å². The molecule has 1 heterocycles. The van der Waals surface area contributed by atoms with E-state index in [1.54, 1.807) is 0 Å². The van der Waals surface area contributed by atoms with Crippen molar-refractivity contribution in [2.75, 3.05) is 18.6 Å². The zero-order valence-corrected chi connectivity index (χ0v) is 9.90. The quantitative estimate of drug-likeness (QED) is 0.590. The third-order valence-electron chi connectivity index (χ3n) is 2.96. The monoisotopic (exact) mass is 205 g/mol. The molecule has 0 atom stereocenters. The van der Waals surface area contributed by atoms with Crippen LogP contribution in [0.1, 0.15) is 27.7 Å². The molecule has 78 valence electrons. The average molecular weight is 205 g/mol. The standard InChI is InChI=1S/C9H19NO2S/c1-8(2)6-13(11,12)7-9(3,4)10(8)5/h6-7H2,1-5H3. The van der Waals surface area contributed by atoms with Crippen LogP contribution in [-0.2, 0) is 9.84 Å². The van der Waals surface area contributed by atoms with Crippen molar-refractivity contribution in [2.45, 2.75) is 38.8 Å². The van der Waals surface area contributed by atoms with Crippen molar-refractivity contribution in [3.63, 3.8) is 0 Å². The van der Waals surface area contributed by atoms with E-state index in [1.807, 2.05) is 34.7 Å². The van der Waals surface area contributed by atoms with Gasteiger partial charge in [-0.05, 0) is 34.7 Å². The van der Waals surface area contributed by atoms with E-state index in [0.717, 1.165) is 0 Å². The second-order valence-electron chi connectivity index (χ2n) is 5.22. The molecular weight excluding hydrogens is 186 g/mol. The molecule has 0 radical (unpaired) electrons. The van der Waals surface area contributed by atoms with Gasteiger partial charge in [-0.15, -0.1) is 0 Å². The lowest BCUT2D eigenvalue weighted by molar-refractivity contribution is 0.0643. The van der Waals surface area contributed by atoms with Crippen LogP contribution in [-0.4, -0.2) is 42.9 Å². The highest BCUT2D eigenvalue weighted by Gasteiger charge is 2.45. The van der Waals surface area contributed by atoms with Gasteiger partial charge >= 0.3 is 0 Å². The van der Waals surface area contributed by atoms with Crippen LogP contribution >= 0.6 is 0 Å². The SMILES string of the molecule is CN1C(C)(C)CS(=O)(=O)CC1(C)C. The Kier molecular flexibility index (Phi) is 2.28.